The maximum absolute atomic E-state index is 3.65. The van der Waals surface area contributed by atoms with Crippen molar-refractivity contribution >= 4 is 15.9 Å². The molecule has 1 heteroatoms. The molecule has 0 bridgehead atoms. The van der Waals surface area contributed by atoms with Gasteiger partial charge in [0.15, 0.2) is 0 Å². The minimum absolute atomic E-state index is 0.876. The largest absolute Gasteiger partial charge is 0.0988 e. The molecule has 0 aliphatic rings. The molecule has 0 aromatic carbocycles. The van der Waals surface area contributed by atoms with Gasteiger partial charge in [0.25, 0.3) is 0 Å². The summed E-state index contributed by atoms with van der Waals surface area (Å²) in [7, 11) is 0. The highest BCUT2D eigenvalue weighted by Crippen LogP contribution is 1.99. The molecule has 0 saturated heterocycles. The summed E-state index contributed by atoms with van der Waals surface area (Å²) < 4.78 is 0. The summed E-state index contributed by atoms with van der Waals surface area (Å²) in [5.41, 5.74) is 1.20. The average molecular weight is 217 g/mol. The minimum Gasteiger partial charge on any atom is -0.0988 e. The van der Waals surface area contributed by atoms with Crippen LogP contribution in [0.25, 0.3) is 0 Å². The maximum Gasteiger partial charge on any atom is 0.0282 e. The smallest absolute Gasteiger partial charge is 0.0282 e. The highest BCUT2D eigenvalue weighted by Gasteiger charge is 1.81. The summed E-state index contributed by atoms with van der Waals surface area (Å²) in [5.74, 6) is 0. The van der Waals surface area contributed by atoms with E-state index in [1.165, 1.54) is 5.57 Å². The van der Waals surface area contributed by atoms with Crippen LogP contribution in [0.15, 0.2) is 36.5 Å². The molecular formula is C10H17Br. The van der Waals surface area contributed by atoms with Gasteiger partial charge in [0.2, 0.25) is 0 Å². The molecule has 0 aliphatic heterocycles. The summed E-state index contributed by atoms with van der Waals surface area (Å²) in [5, 5.41) is 0.876. The van der Waals surface area contributed by atoms with Crippen LogP contribution in [0.5, 0.6) is 0 Å². The Hall–Kier alpha value is -0.300. The minimum atomic E-state index is 0.876. The van der Waals surface area contributed by atoms with Crippen LogP contribution in [-0.2, 0) is 0 Å². The van der Waals surface area contributed by atoms with Crippen LogP contribution in [0.4, 0.5) is 0 Å². The molecule has 0 aromatic rings. The summed E-state index contributed by atoms with van der Waals surface area (Å²) in [6.07, 6.45) is 7.86. The van der Waals surface area contributed by atoms with Crippen LogP contribution < -0.4 is 0 Å². The van der Waals surface area contributed by atoms with E-state index in [1.54, 1.807) is 0 Å². The lowest BCUT2D eigenvalue weighted by Gasteiger charge is -1.88. The SMILES string of the molecule is C=C/C(=C\C=C/C)CBr.CC. The van der Waals surface area contributed by atoms with Crippen molar-refractivity contribution < 1.29 is 0 Å². The van der Waals surface area contributed by atoms with Gasteiger partial charge >= 0.3 is 0 Å². The number of hydrogen-bond acceptors (Lipinski definition) is 0. The van der Waals surface area contributed by atoms with Crippen molar-refractivity contribution in [2.24, 2.45) is 0 Å². The van der Waals surface area contributed by atoms with Gasteiger partial charge in [-0.25, -0.2) is 0 Å². The molecule has 0 rings (SSSR count). The maximum atomic E-state index is 3.65. The zero-order valence-corrected chi connectivity index (χ0v) is 9.19. The monoisotopic (exact) mass is 216 g/mol. The van der Waals surface area contributed by atoms with Crippen LogP contribution in [0, 0.1) is 0 Å². The standard InChI is InChI=1S/C8H11Br.C2H6/c1-3-5-6-8(4-2)7-9;1-2/h3-6H,2,7H2,1H3;1-2H3/b5-3-,8-6+;. The molecular weight excluding hydrogens is 200 g/mol. The summed E-state index contributed by atoms with van der Waals surface area (Å²) >= 11 is 3.33. The summed E-state index contributed by atoms with van der Waals surface area (Å²) in [6.45, 7) is 9.64. The van der Waals surface area contributed by atoms with Gasteiger partial charge in [-0.15, -0.1) is 0 Å². The van der Waals surface area contributed by atoms with Gasteiger partial charge in [-0.05, 0) is 12.5 Å². The van der Waals surface area contributed by atoms with Crippen molar-refractivity contribution in [2.45, 2.75) is 20.8 Å². The van der Waals surface area contributed by atoms with Crippen molar-refractivity contribution in [2.75, 3.05) is 5.33 Å². The predicted octanol–water partition coefficient (Wildman–Crippen LogP) is 4.10. The van der Waals surface area contributed by atoms with E-state index >= 15 is 0 Å². The summed E-state index contributed by atoms with van der Waals surface area (Å²) in [4.78, 5) is 0. The fraction of sp³-hybridized carbons (Fsp3) is 0.400. The Kier molecular flexibility index (Phi) is 15.0. The van der Waals surface area contributed by atoms with Gasteiger partial charge in [0.05, 0.1) is 0 Å². The molecule has 0 heterocycles. The first-order chi connectivity index (χ1) is 5.35. The van der Waals surface area contributed by atoms with Gasteiger partial charge in [-0.3, -0.25) is 0 Å². The second kappa shape index (κ2) is 12.4. The van der Waals surface area contributed by atoms with E-state index in [0.717, 1.165) is 5.33 Å². The van der Waals surface area contributed by atoms with Crippen molar-refractivity contribution in [3.05, 3.63) is 36.5 Å². The molecule has 64 valence electrons. The Morgan fingerprint density at radius 2 is 2.00 bits per heavy atom. The molecule has 11 heavy (non-hydrogen) atoms. The lowest BCUT2D eigenvalue weighted by atomic mass is 10.3. The zero-order chi connectivity index (χ0) is 9.11. The normalized spacial score (nSPS) is 10.7. The first-order valence-corrected chi connectivity index (χ1v) is 4.97. The third-order valence-corrected chi connectivity index (χ3v) is 1.57. The van der Waals surface area contributed by atoms with E-state index < -0.39 is 0 Å². The van der Waals surface area contributed by atoms with Crippen molar-refractivity contribution in [3.63, 3.8) is 0 Å². The zero-order valence-electron chi connectivity index (χ0n) is 7.60. The molecule has 0 spiro atoms. The Morgan fingerprint density at radius 1 is 1.45 bits per heavy atom. The van der Waals surface area contributed by atoms with Crippen molar-refractivity contribution in [3.8, 4) is 0 Å². The number of alkyl halides is 1. The molecule has 0 fully saturated rings. The average Bonchev–Trinajstić information content (AvgIpc) is 2.10. The fourth-order valence-corrected chi connectivity index (χ4v) is 0.803. The Bertz CT molecular complexity index is 132. The first-order valence-electron chi connectivity index (χ1n) is 3.85. The van der Waals surface area contributed by atoms with Crippen LogP contribution in [0.3, 0.4) is 0 Å². The molecule has 0 aliphatic carbocycles. The van der Waals surface area contributed by atoms with E-state index in [-0.39, 0.29) is 0 Å². The Labute approximate surface area is 78.8 Å². The topological polar surface area (TPSA) is 0 Å². The van der Waals surface area contributed by atoms with Crippen LogP contribution in [0.1, 0.15) is 20.8 Å². The van der Waals surface area contributed by atoms with Crippen molar-refractivity contribution in [1.29, 1.82) is 0 Å². The van der Waals surface area contributed by atoms with Gasteiger partial charge in [-0.1, -0.05) is 60.7 Å². The molecule has 0 saturated carbocycles. The van der Waals surface area contributed by atoms with Crippen LogP contribution in [-0.4, -0.2) is 5.33 Å². The van der Waals surface area contributed by atoms with Gasteiger partial charge in [-0.2, -0.15) is 0 Å². The number of allylic oxidation sites excluding steroid dienone is 5. The van der Waals surface area contributed by atoms with E-state index in [2.05, 4.69) is 22.5 Å². The van der Waals surface area contributed by atoms with Gasteiger partial charge < -0.3 is 0 Å². The van der Waals surface area contributed by atoms with E-state index in [4.69, 9.17) is 0 Å². The third kappa shape index (κ3) is 9.70. The quantitative estimate of drug-likeness (QED) is 0.493. The Balaban J connectivity index is 0. The third-order valence-electron chi connectivity index (χ3n) is 0.919. The van der Waals surface area contributed by atoms with Gasteiger partial charge in [0.1, 0.15) is 0 Å². The fourth-order valence-electron chi connectivity index (χ4n) is 0.387. The second-order valence-corrected chi connectivity index (χ2v) is 2.17. The van der Waals surface area contributed by atoms with Crippen LogP contribution in [0.2, 0.25) is 0 Å². The second-order valence-electron chi connectivity index (χ2n) is 1.61. The number of hydrogen-bond donors (Lipinski definition) is 0. The van der Waals surface area contributed by atoms with E-state index in [1.807, 2.05) is 45.1 Å². The first kappa shape index (κ1) is 13.3. The number of halogens is 1. The predicted molar refractivity (Wildman–Crippen MR) is 58.2 cm³/mol. The number of rotatable bonds is 3. The molecule has 0 aromatic heterocycles. The molecule has 0 nitrogen and oxygen atoms in total. The van der Waals surface area contributed by atoms with E-state index in [0.29, 0.717) is 0 Å². The molecule has 0 radical (unpaired) electrons. The highest BCUT2D eigenvalue weighted by molar-refractivity contribution is 9.09. The van der Waals surface area contributed by atoms with E-state index in [9.17, 15) is 0 Å². The van der Waals surface area contributed by atoms with Crippen LogP contribution >= 0.6 is 15.9 Å². The highest BCUT2D eigenvalue weighted by atomic mass is 79.9. The molecule has 0 amide bonds. The molecule has 0 atom stereocenters. The molecule has 0 N–H and O–H groups in total. The Morgan fingerprint density at radius 3 is 2.27 bits per heavy atom. The van der Waals surface area contributed by atoms with Gasteiger partial charge in [0, 0.05) is 5.33 Å². The van der Waals surface area contributed by atoms with Crippen molar-refractivity contribution in [1.82, 2.24) is 0 Å². The molecule has 0 unspecified atom stereocenters. The summed E-state index contributed by atoms with van der Waals surface area (Å²) in [6, 6.07) is 0. The lowest BCUT2D eigenvalue weighted by molar-refractivity contribution is 1.50. The lowest BCUT2D eigenvalue weighted by Crippen LogP contribution is -1.74.